The summed E-state index contributed by atoms with van der Waals surface area (Å²) in [4.78, 5) is 16.2. The number of ether oxygens (including phenoxy) is 1. The van der Waals surface area contributed by atoms with Gasteiger partial charge in [0.25, 0.3) is 0 Å². The molecular formula is C19H21ClF3N5O. The van der Waals surface area contributed by atoms with E-state index in [9.17, 15) is 13.2 Å². The van der Waals surface area contributed by atoms with E-state index in [4.69, 9.17) is 16.3 Å². The molecule has 6 nitrogen and oxygen atoms in total. The van der Waals surface area contributed by atoms with Crippen molar-refractivity contribution in [3.8, 4) is 6.01 Å². The molecule has 156 valence electrons. The van der Waals surface area contributed by atoms with Crippen LogP contribution in [0.2, 0.25) is 5.15 Å². The molecule has 0 radical (unpaired) electrons. The summed E-state index contributed by atoms with van der Waals surface area (Å²) in [6.45, 7) is 1.47. The minimum atomic E-state index is -0.953. The van der Waals surface area contributed by atoms with E-state index < -0.39 is 18.2 Å². The van der Waals surface area contributed by atoms with Crippen LogP contribution in [0.3, 0.4) is 0 Å². The molecule has 0 spiro atoms. The van der Waals surface area contributed by atoms with E-state index in [0.717, 1.165) is 19.4 Å². The topological polar surface area (TPSA) is 54.4 Å². The molecule has 0 amide bonds. The van der Waals surface area contributed by atoms with Gasteiger partial charge in [-0.3, -0.25) is 4.90 Å². The molecule has 2 saturated heterocycles. The summed E-state index contributed by atoms with van der Waals surface area (Å²) in [5.41, 5.74) is -0.401. The van der Waals surface area contributed by atoms with E-state index >= 15 is 0 Å². The van der Waals surface area contributed by atoms with Crippen LogP contribution in [0, 0.1) is 5.82 Å². The maximum Gasteiger partial charge on any atom is 0.319 e. The van der Waals surface area contributed by atoms with Gasteiger partial charge < -0.3 is 9.64 Å². The number of anilines is 1. The van der Waals surface area contributed by atoms with Crippen LogP contribution in [0.4, 0.5) is 19.0 Å². The molecule has 0 aromatic carbocycles. The van der Waals surface area contributed by atoms with Gasteiger partial charge in [-0.15, -0.1) is 0 Å². The SMILES string of the molecule is CN(c1nc(OC[C@@]23CCCN2C[C@H](F)C3)nc2c(F)c(Cl)ncc12)C1C[C@@H]1F. The first-order valence-electron chi connectivity index (χ1n) is 9.78. The molecule has 2 aromatic heterocycles. The highest BCUT2D eigenvalue weighted by atomic mass is 35.5. The Morgan fingerprint density at radius 1 is 1.38 bits per heavy atom. The number of pyridine rings is 1. The Bertz CT molecular complexity index is 965. The summed E-state index contributed by atoms with van der Waals surface area (Å²) in [6, 6.07) is -0.356. The first-order valence-corrected chi connectivity index (χ1v) is 10.2. The van der Waals surface area contributed by atoms with Crippen molar-refractivity contribution in [1.29, 1.82) is 0 Å². The van der Waals surface area contributed by atoms with Crippen LogP contribution in [0.1, 0.15) is 25.7 Å². The van der Waals surface area contributed by atoms with Crippen molar-refractivity contribution < 1.29 is 17.9 Å². The number of nitrogens with zero attached hydrogens (tertiary/aromatic N) is 5. The van der Waals surface area contributed by atoms with Gasteiger partial charge in [-0.2, -0.15) is 9.97 Å². The Morgan fingerprint density at radius 3 is 2.93 bits per heavy atom. The zero-order valence-corrected chi connectivity index (χ0v) is 16.7. The van der Waals surface area contributed by atoms with Gasteiger partial charge in [0.2, 0.25) is 0 Å². The van der Waals surface area contributed by atoms with Crippen molar-refractivity contribution >= 4 is 28.3 Å². The summed E-state index contributed by atoms with van der Waals surface area (Å²) in [5, 5.41) is 0.0355. The zero-order valence-electron chi connectivity index (χ0n) is 15.9. The lowest BCUT2D eigenvalue weighted by Gasteiger charge is -2.31. The number of halogens is 4. The molecule has 4 atom stereocenters. The molecule has 29 heavy (non-hydrogen) atoms. The molecular weight excluding hydrogens is 407 g/mol. The second-order valence-electron chi connectivity index (χ2n) is 8.25. The molecule has 5 rings (SSSR count). The minimum Gasteiger partial charge on any atom is -0.461 e. The highest BCUT2D eigenvalue weighted by Crippen LogP contribution is 2.41. The van der Waals surface area contributed by atoms with Gasteiger partial charge >= 0.3 is 6.01 Å². The van der Waals surface area contributed by atoms with E-state index in [1.165, 1.54) is 6.20 Å². The summed E-state index contributed by atoms with van der Waals surface area (Å²) < 4.78 is 48.1. The van der Waals surface area contributed by atoms with Crippen molar-refractivity contribution in [2.24, 2.45) is 0 Å². The Morgan fingerprint density at radius 2 is 2.17 bits per heavy atom. The first kappa shape index (κ1) is 19.1. The third kappa shape index (κ3) is 3.18. The molecule has 4 heterocycles. The fraction of sp³-hybridized carbons (Fsp3) is 0.632. The number of aromatic nitrogens is 3. The lowest BCUT2D eigenvalue weighted by molar-refractivity contribution is 0.107. The average molecular weight is 428 g/mol. The minimum absolute atomic E-state index is 0.0246. The Labute approximate surface area is 171 Å². The fourth-order valence-electron chi connectivity index (χ4n) is 4.69. The van der Waals surface area contributed by atoms with Crippen LogP contribution >= 0.6 is 11.6 Å². The molecule has 0 N–H and O–H groups in total. The van der Waals surface area contributed by atoms with E-state index in [2.05, 4.69) is 19.9 Å². The Balaban J connectivity index is 1.49. The molecule has 3 fully saturated rings. The lowest BCUT2D eigenvalue weighted by atomic mass is 9.95. The summed E-state index contributed by atoms with van der Waals surface area (Å²) in [6.07, 6.45) is 2.17. The summed E-state index contributed by atoms with van der Waals surface area (Å²) in [5.74, 6) is -0.433. The molecule has 3 aliphatic rings. The standard InChI is InChI=1S/C19H21ClF3N5O/c1-27(13-5-12(13)22)17-11-7-24-16(20)14(23)15(11)25-18(26-17)29-9-19-3-2-4-28(19)8-10(21)6-19/h7,10,12-13H,2-6,8-9H2,1H3/t10-,12+,13?,19+/m1/s1. The van der Waals surface area contributed by atoms with Gasteiger partial charge in [-0.05, 0) is 19.4 Å². The van der Waals surface area contributed by atoms with Gasteiger partial charge in [-0.25, -0.2) is 18.2 Å². The molecule has 10 heteroatoms. The van der Waals surface area contributed by atoms with Crippen molar-refractivity contribution in [3.63, 3.8) is 0 Å². The average Bonchev–Trinajstić information content (AvgIpc) is 3.17. The molecule has 1 unspecified atom stereocenters. The van der Waals surface area contributed by atoms with Gasteiger partial charge in [0.1, 0.15) is 30.3 Å². The normalized spacial score (nSPS) is 31.3. The highest BCUT2D eigenvalue weighted by Gasteiger charge is 2.49. The molecule has 2 aliphatic heterocycles. The van der Waals surface area contributed by atoms with Crippen molar-refractivity contribution in [2.45, 2.75) is 49.6 Å². The fourth-order valence-corrected chi connectivity index (χ4v) is 4.83. The number of hydrogen-bond acceptors (Lipinski definition) is 6. The van der Waals surface area contributed by atoms with Gasteiger partial charge in [-0.1, -0.05) is 11.6 Å². The van der Waals surface area contributed by atoms with Crippen molar-refractivity contribution in [3.05, 3.63) is 17.2 Å². The van der Waals surface area contributed by atoms with Gasteiger partial charge in [0, 0.05) is 32.6 Å². The summed E-state index contributed by atoms with van der Waals surface area (Å²) >= 11 is 5.83. The molecule has 1 aliphatic carbocycles. The predicted molar refractivity (Wildman–Crippen MR) is 103 cm³/mol. The summed E-state index contributed by atoms with van der Waals surface area (Å²) in [7, 11) is 1.70. The van der Waals surface area contributed by atoms with Crippen molar-refractivity contribution in [1.82, 2.24) is 19.9 Å². The van der Waals surface area contributed by atoms with Gasteiger partial charge in [0.05, 0.1) is 17.0 Å². The Hall–Kier alpha value is -1.87. The Kier molecular flexibility index (Phi) is 4.51. The molecule has 0 bridgehead atoms. The number of hydrogen-bond donors (Lipinski definition) is 0. The lowest BCUT2D eigenvalue weighted by Crippen LogP contribution is -2.43. The van der Waals surface area contributed by atoms with Crippen LogP contribution in [-0.4, -0.2) is 70.5 Å². The van der Waals surface area contributed by atoms with Gasteiger partial charge in [0.15, 0.2) is 11.0 Å². The quantitative estimate of drug-likeness (QED) is 0.682. The van der Waals surface area contributed by atoms with Crippen LogP contribution < -0.4 is 9.64 Å². The van der Waals surface area contributed by atoms with Crippen LogP contribution in [-0.2, 0) is 0 Å². The van der Waals surface area contributed by atoms with Crippen LogP contribution in [0.15, 0.2) is 6.20 Å². The third-order valence-corrected chi connectivity index (χ3v) is 6.61. The maximum absolute atomic E-state index is 14.6. The van der Waals surface area contributed by atoms with E-state index in [1.54, 1.807) is 11.9 Å². The van der Waals surface area contributed by atoms with Crippen molar-refractivity contribution in [2.75, 3.05) is 31.6 Å². The third-order valence-electron chi connectivity index (χ3n) is 6.34. The van der Waals surface area contributed by atoms with E-state index in [1.807, 2.05) is 0 Å². The van der Waals surface area contributed by atoms with Crippen LogP contribution in [0.5, 0.6) is 6.01 Å². The van der Waals surface area contributed by atoms with E-state index in [-0.39, 0.29) is 34.9 Å². The monoisotopic (exact) mass is 427 g/mol. The van der Waals surface area contributed by atoms with E-state index in [0.29, 0.717) is 30.6 Å². The zero-order chi connectivity index (χ0) is 20.3. The number of fused-ring (bicyclic) bond motifs is 2. The second-order valence-corrected chi connectivity index (χ2v) is 8.61. The largest absolute Gasteiger partial charge is 0.461 e. The predicted octanol–water partition coefficient (Wildman–Crippen LogP) is 3.32. The second kappa shape index (κ2) is 6.84. The smallest absolute Gasteiger partial charge is 0.319 e. The highest BCUT2D eigenvalue weighted by molar-refractivity contribution is 6.30. The number of alkyl halides is 2. The molecule has 2 aromatic rings. The van der Waals surface area contributed by atoms with Crippen LogP contribution in [0.25, 0.3) is 10.9 Å². The maximum atomic E-state index is 14.6. The first-order chi connectivity index (χ1) is 13.9. The number of rotatable bonds is 5. The molecule has 1 saturated carbocycles.